The van der Waals surface area contributed by atoms with E-state index in [4.69, 9.17) is 0 Å². The molecule has 2 atom stereocenters. The summed E-state index contributed by atoms with van der Waals surface area (Å²) in [4.78, 5) is 7.03. The minimum Gasteiger partial charge on any atom is -0.370 e. The third kappa shape index (κ3) is 2.51. The zero-order chi connectivity index (χ0) is 12.4. The van der Waals surface area contributed by atoms with Gasteiger partial charge in [0, 0.05) is 31.9 Å². The number of hydrogen-bond donors (Lipinski definition) is 1. The van der Waals surface area contributed by atoms with Crippen molar-refractivity contribution in [2.45, 2.75) is 45.2 Å². The Labute approximate surface area is 110 Å². The van der Waals surface area contributed by atoms with Crippen LogP contribution >= 0.6 is 0 Å². The molecule has 2 unspecified atom stereocenters. The standard InChI is InChI=1S/C15H23N3/c1-2-6-16-15-9-13(5-7-17-15)11-18-10-12-3-4-14(18)8-12/h5,7,9,12,14H,2-4,6,8,10-11H2,1H3,(H,16,17). The van der Waals surface area contributed by atoms with Gasteiger partial charge in [0.2, 0.25) is 0 Å². The number of pyridine rings is 1. The minimum absolute atomic E-state index is 0.857. The van der Waals surface area contributed by atoms with E-state index in [0.29, 0.717) is 0 Å². The number of nitrogens with zero attached hydrogens (tertiary/aromatic N) is 2. The molecule has 0 aromatic carbocycles. The van der Waals surface area contributed by atoms with Gasteiger partial charge in [-0.3, -0.25) is 4.90 Å². The second-order valence-electron chi connectivity index (χ2n) is 5.74. The fraction of sp³-hybridized carbons (Fsp3) is 0.667. The third-order valence-electron chi connectivity index (χ3n) is 4.29. The van der Waals surface area contributed by atoms with Gasteiger partial charge >= 0.3 is 0 Å². The summed E-state index contributed by atoms with van der Waals surface area (Å²) in [5, 5.41) is 3.36. The maximum Gasteiger partial charge on any atom is 0.126 e. The third-order valence-corrected chi connectivity index (χ3v) is 4.29. The van der Waals surface area contributed by atoms with E-state index in [9.17, 15) is 0 Å². The van der Waals surface area contributed by atoms with Gasteiger partial charge < -0.3 is 5.32 Å². The monoisotopic (exact) mass is 245 g/mol. The summed E-state index contributed by atoms with van der Waals surface area (Å²) in [6.07, 6.45) is 7.38. The number of nitrogens with one attached hydrogen (secondary N) is 1. The van der Waals surface area contributed by atoms with E-state index in [-0.39, 0.29) is 0 Å². The summed E-state index contributed by atoms with van der Waals surface area (Å²) >= 11 is 0. The molecule has 1 aromatic rings. The van der Waals surface area contributed by atoms with Crippen LogP contribution < -0.4 is 5.32 Å². The van der Waals surface area contributed by atoms with E-state index >= 15 is 0 Å². The van der Waals surface area contributed by atoms with E-state index in [1.165, 1.54) is 31.4 Å². The predicted molar refractivity (Wildman–Crippen MR) is 74.6 cm³/mol. The van der Waals surface area contributed by atoms with Crippen LogP contribution in [0.3, 0.4) is 0 Å². The van der Waals surface area contributed by atoms with Crippen molar-refractivity contribution in [3.8, 4) is 0 Å². The molecule has 98 valence electrons. The Morgan fingerprint density at radius 1 is 1.44 bits per heavy atom. The molecule has 1 aromatic heterocycles. The normalized spacial score (nSPS) is 26.7. The van der Waals surface area contributed by atoms with Gasteiger partial charge in [-0.05, 0) is 49.3 Å². The molecule has 1 saturated heterocycles. The number of fused-ring (bicyclic) bond motifs is 2. The molecular weight excluding hydrogens is 222 g/mol. The lowest BCUT2D eigenvalue weighted by Crippen LogP contribution is -2.31. The number of piperidine rings is 1. The van der Waals surface area contributed by atoms with Crippen molar-refractivity contribution >= 4 is 5.82 Å². The second-order valence-corrected chi connectivity index (χ2v) is 5.74. The first-order valence-corrected chi connectivity index (χ1v) is 7.28. The fourth-order valence-electron chi connectivity index (χ4n) is 3.38. The lowest BCUT2D eigenvalue weighted by atomic mass is 10.1. The highest BCUT2D eigenvalue weighted by atomic mass is 15.2. The molecule has 2 heterocycles. The van der Waals surface area contributed by atoms with Crippen molar-refractivity contribution in [1.29, 1.82) is 0 Å². The number of anilines is 1. The van der Waals surface area contributed by atoms with Crippen LogP contribution in [0.5, 0.6) is 0 Å². The second kappa shape index (κ2) is 5.27. The van der Waals surface area contributed by atoms with Crippen molar-refractivity contribution in [1.82, 2.24) is 9.88 Å². The molecule has 0 spiro atoms. The van der Waals surface area contributed by atoms with Crippen LogP contribution in [0.1, 0.15) is 38.2 Å². The minimum atomic E-state index is 0.857. The van der Waals surface area contributed by atoms with Crippen molar-refractivity contribution in [3.05, 3.63) is 23.9 Å². The first-order valence-electron chi connectivity index (χ1n) is 7.28. The van der Waals surface area contributed by atoms with Crippen molar-refractivity contribution in [2.75, 3.05) is 18.4 Å². The summed E-state index contributed by atoms with van der Waals surface area (Å²) in [6.45, 7) is 5.60. The van der Waals surface area contributed by atoms with Crippen LogP contribution in [-0.4, -0.2) is 29.0 Å². The molecule has 0 radical (unpaired) electrons. The van der Waals surface area contributed by atoms with Crippen molar-refractivity contribution in [3.63, 3.8) is 0 Å². The topological polar surface area (TPSA) is 28.2 Å². The lowest BCUT2D eigenvalue weighted by molar-refractivity contribution is 0.205. The SMILES string of the molecule is CCCNc1cc(CN2CC3CCC2C3)ccn1. The van der Waals surface area contributed by atoms with Crippen LogP contribution in [-0.2, 0) is 6.54 Å². The largest absolute Gasteiger partial charge is 0.370 e. The Hall–Kier alpha value is -1.09. The van der Waals surface area contributed by atoms with Gasteiger partial charge in [0.15, 0.2) is 0 Å². The lowest BCUT2D eigenvalue weighted by Gasteiger charge is -2.26. The molecule has 0 amide bonds. The maximum absolute atomic E-state index is 4.37. The van der Waals surface area contributed by atoms with Gasteiger partial charge in [-0.1, -0.05) is 6.92 Å². The van der Waals surface area contributed by atoms with Crippen LogP contribution in [0.2, 0.25) is 0 Å². The van der Waals surface area contributed by atoms with E-state index < -0.39 is 0 Å². The number of aromatic nitrogens is 1. The number of likely N-dealkylation sites (tertiary alicyclic amines) is 1. The first-order chi connectivity index (χ1) is 8.85. The highest BCUT2D eigenvalue weighted by Crippen LogP contribution is 2.38. The van der Waals surface area contributed by atoms with Crippen LogP contribution in [0.4, 0.5) is 5.82 Å². The van der Waals surface area contributed by atoms with E-state index in [1.807, 2.05) is 6.20 Å². The van der Waals surface area contributed by atoms with Gasteiger partial charge in [-0.25, -0.2) is 4.98 Å². The molecule has 3 nitrogen and oxygen atoms in total. The first kappa shape index (κ1) is 12.0. The molecule has 2 aliphatic rings. The summed E-state index contributed by atoms with van der Waals surface area (Å²) in [6, 6.07) is 5.22. The summed E-state index contributed by atoms with van der Waals surface area (Å²) in [5.41, 5.74) is 1.40. The highest BCUT2D eigenvalue weighted by Gasteiger charge is 2.37. The van der Waals surface area contributed by atoms with Crippen molar-refractivity contribution < 1.29 is 0 Å². The van der Waals surface area contributed by atoms with Gasteiger partial charge in [0.25, 0.3) is 0 Å². The molecule has 2 bridgehead atoms. The zero-order valence-electron chi connectivity index (χ0n) is 11.2. The van der Waals surface area contributed by atoms with Gasteiger partial charge in [-0.15, -0.1) is 0 Å². The molecule has 3 heteroatoms. The Morgan fingerprint density at radius 3 is 3.11 bits per heavy atom. The van der Waals surface area contributed by atoms with Crippen LogP contribution in [0.25, 0.3) is 0 Å². The maximum atomic E-state index is 4.37. The summed E-state index contributed by atoms with van der Waals surface area (Å²) in [7, 11) is 0. The van der Waals surface area contributed by atoms with E-state index in [1.54, 1.807) is 0 Å². The highest BCUT2D eigenvalue weighted by molar-refractivity contribution is 5.37. The molecule has 1 saturated carbocycles. The predicted octanol–water partition coefficient (Wildman–Crippen LogP) is 2.89. The Kier molecular flexibility index (Phi) is 3.50. The summed E-state index contributed by atoms with van der Waals surface area (Å²) in [5.74, 6) is 2.01. The van der Waals surface area contributed by atoms with Crippen LogP contribution in [0.15, 0.2) is 18.3 Å². The number of hydrogen-bond acceptors (Lipinski definition) is 3. The average Bonchev–Trinajstić information content (AvgIpc) is 2.99. The summed E-state index contributed by atoms with van der Waals surface area (Å²) < 4.78 is 0. The average molecular weight is 245 g/mol. The zero-order valence-corrected chi connectivity index (χ0v) is 11.2. The van der Waals surface area contributed by atoms with E-state index in [2.05, 4.69) is 34.3 Å². The quantitative estimate of drug-likeness (QED) is 0.864. The van der Waals surface area contributed by atoms with Gasteiger partial charge in [0.1, 0.15) is 5.82 Å². The van der Waals surface area contributed by atoms with Crippen molar-refractivity contribution in [2.24, 2.45) is 5.92 Å². The van der Waals surface area contributed by atoms with Gasteiger partial charge in [-0.2, -0.15) is 0 Å². The Morgan fingerprint density at radius 2 is 2.39 bits per heavy atom. The molecule has 2 fully saturated rings. The molecular formula is C15H23N3. The van der Waals surface area contributed by atoms with Gasteiger partial charge in [0.05, 0.1) is 0 Å². The fourth-order valence-corrected chi connectivity index (χ4v) is 3.38. The molecule has 1 N–H and O–H groups in total. The number of rotatable bonds is 5. The molecule has 1 aliphatic heterocycles. The molecule has 18 heavy (non-hydrogen) atoms. The molecule has 3 rings (SSSR count). The Balaban J connectivity index is 1.62. The Bertz CT molecular complexity index is 404. The van der Waals surface area contributed by atoms with Crippen LogP contribution in [0, 0.1) is 5.92 Å². The van der Waals surface area contributed by atoms with E-state index in [0.717, 1.165) is 37.3 Å². The smallest absolute Gasteiger partial charge is 0.126 e. The molecule has 1 aliphatic carbocycles.